The van der Waals surface area contributed by atoms with Gasteiger partial charge < -0.3 is 10.6 Å². The smallest absolute Gasteiger partial charge is 0.226 e. The van der Waals surface area contributed by atoms with Crippen molar-refractivity contribution in [2.45, 2.75) is 20.3 Å². The maximum absolute atomic E-state index is 12.0. The molecule has 0 heterocycles. The van der Waals surface area contributed by atoms with E-state index in [0.717, 1.165) is 15.7 Å². The van der Waals surface area contributed by atoms with Crippen molar-refractivity contribution < 1.29 is 9.59 Å². The number of rotatable bonds is 6. The Morgan fingerprint density at radius 3 is 2.61 bits per heavy atom. The fourth-order valence-corrected chi connectivity index (χ4v) is 2.65. The van der Waals surface area contributed by atoms with E-state index in [2.05, 4.69) is 26.6 Å². The first-order valence-electron chi connectivity index (χ1n) is 7.36. The average molecular weight is 375 g/mol. The molecule has 0 saturated carbocycles. The van der Waals surface area contributed by atoms with Crippen LogP contribution >= 0.6 is 15.9 Å². The molecule has 5 heteroatoms. The number of hydrogen-bond donors (Lipinski definition) is 2. The normalized spacial score (nSPS) is 10.2. The molecule has 2 aromatic rings. The highest BCUT2D eigenvalue weighted by atomic mass is 79.9. The lowest BCUT2D eigenvalue weighted by Crippen LogP contribution is -2.16. The predicted octanol–water partition coefficient (Wildman–Crippen LogP) is 4.40. The second-order valence-corrected chi connectivity index (χ2v) is 6.24. The van der Waals surface area contributed by atoms with Crippen molar-refractivity contribution in [2.75, 3.05) is 17.2 Å². The summed E-state index contributed by atoms with van der Waals surface area (Å²) in [6, 6.07) is 12.9. The maximum atomic E-state index is 12.0. The average Bonchev–Trinajstić information content (AvgIpc) is 2.49. The van der Waals surface area contributed by atoms with Crippen LogP contribution < -0.4 is 10.6 Å². The van der Waals surface area contributed by atoms with E-state index in [-0.39, 0.29) is 11.7 Å². The third kappa shape index (κ3) is 5.21. The minimum absolute atomic E-state index is 0.0199. The van der Waals surface area contributed by atoms with E-state index in [0.29, 0.717) is 24.2 Å². The number of benzene rings is 2. The molecule has 0 aliphatic carbocycles. The van der Waals surface area contributed by atoms with Crippen molar-refractivity contribution in [1.82, 2.24) is 0 Å². The number of ketones is 1. The van der Waals surface area contributed by atoms with E-state index in [4.69, 9.17) is 0 Å². The maximum Gasteiger partial charge on any atom is 0.226 e. The summed E-state index contributed by atoms with van der Waals surface area (Å²) in [6.45, 7) is 4.06. The van der Waals surface area contributed by atoms with E-state index < -0.39 is 0 Å². The monoisotopic (exact) mass is 374 g/mol. The third-order valence-corrected chi connectivity index (χ3v) is 3.90. The lowest BCUT2D eigenvalue weighted by Gasteiger charge is -2.10. The van der Waals surface area contributed by atoms with Crippen molar-refractivity contribution in [3.63, 3.8) is 0 Å². The quantitative estimate of drug-likeness (QED) is 0.736. The summed E-state index contributed by atoms with van der Waals surface area (Å²) in [7, 11) is 0. The Morgan fingerprint density at radius 1 is 1.13 bits per heavy atom. The number of nitrogens with one attached hydrogen (secondary N) is 2. The molecule has 0 aromatic heterocycles. The van der Waals surface area contributed by atoms with Gasteiger partial charge in [0.05, 0.1) is 0 Å². The molecule has 0 bridgehead atoms. The van der Waals surface area contributed by atoms with Gasteiger partial charge in [-0.1, -0.05) is 28.1 Å². The molecule has 120 valence electrons. The molecular formula is C18H19BrN2O2. The number of hydrogen-bond acceptors (Lipinski definition) is 3. The first-order chi connectivity index (χ1) is 11.0. The zero-order valence-electron chi connectivity index (χ0n) is 13.2. The van der Waals surface area contributed by atoms with E-state index >= 15 is 0 Å². The zero-order valence-corrected chi connectivity index (χ0v) is 14.7. The molecule has 4 nitrogen and oxygen atoms in total. The number of aryl methyl sites for hydroxylation is 1. The first kappa shape index (κ1) is 17.2. The summed E-state index contributed by atoms with van der Waals surface area (Å²) in [6.07, 6.45) is 0.347. The Labute approximate surface area is 144 Å². The molecule has 2 rings (SSSR count). The minimum Gasteiger partial charge on any atom is -0.384 e. The van der Waals surface area contributed by atoms with Crippen LogP contribution in [0, 0.1) is 6.92 Å². The van der Waals surface area contributed by atoms with Crippen LogP contribution in [0.1, 0.15) is 29.3 Å². The molecule has 0 fully saturated rings. The summed E-state index contributed by atoms with van der Waals surface area (Å²) in [5, 5.41) is 6.06. The Kier molecular flexibility index (Phi) is 5.93. The molecule has 1 amide bonds. The fraction of sp³-hybridized carbons (Fsp3) is 0.222. The number of amides is 1. The van der Waals surface area contributed by atoms with E-state index in [1.807, 2.05) is 25.1 Å². The van der Waals surface area contributed by atoms with Crippen LogP contribution in [0.25, 0.3) is 0 Å². The van der Waals surface area contributed by atoms with Gasteiger partial charge in [-0.2, -0.15) is 0 Å². The van der Waals surface area contributed by atoms with Crippen LogP contribution in [-0.2, 0) is 4.79 Å². The first-order valence-corrected chi connectivity index (χ1v) is 8.16. The van der Waals surface area contributed by atoms with Crippen LogP contribution in [0.4, 0.5) is 11.4 Å². The van der Waals surface area contributed by atoms with E-state index in [1.54, 1.807) is 24.3 Å². The van der Waals surface area contributed by atoms with Crippen LogP contribution in [0.15, 0.2) is 46.9 Å². The van der Waals surface area contributed by atoms with Crippen LogP contribution in [-0.4, -0.2) is 18.2 Å². The molecule has 23 heavy (non-hydrogen) atoms. The van der Waals surface area contributed by atoms with E-state index in [1.165, 1.54) is 6.92 Å². The highest BCUT2D eigenvalue weighted by Crippen LogP contribution is 2.20. The van der Waals surface area contributed by atoms with Crippen molar-refractivity contribution in [1.29, 1.82) is 0 Å². The van der Waals surface area contributed by atoms with Crippen molar-refractivity contribution >= 4 is 39.0 Å². The van der Waals surface area contributed by atoms with Gasteiger partial charge in [-0.3, -0.25) is 9.59 Å². The molecule has 0 atom stereocenters. The molecule has 2 N–H and O–H groups in total. The summed E-state index contributed by atoms with van der Waals surface area (Å²) in [5.41, 5.74) is 3.36. The minimum atomic E-state index is -0.0898. The number of halogens is 1. The molecular weight excluding hydrogens is 356 g/mol. The summed E-state index contributed by atoms with van der Waals surface area (Å²) >= 11 is 3.42. The largest absolute Gasteiger partial charge is 0.384 e. The van der Waals surface area contributed by atoms with Gasteiger partial charge in [0.15, 0.2) is 5.78 Å². The van der Waals surface area contributed by atoms with Crippen molar-refractivity contribution in [3.05, 3.63) is 58.1 Å². The molecule has 0 unspecified atom stereocenters. The van der Waals surface area contributed by atoms with E-state index in [9.17, 15) is 9.59 Å². The fourth-order valence-electron chi connectivity index (χ4n) is 2.18. The molecule has 0 aliphatic heterocycles. The topological polar surface area (TPSA) is 58.2 Å². The lowest BCUT2D eigenvalue weighted by molar-refractivity contribution is -0.115. The van der Waals surface area contributed by atoms with Crippen molar-refractivity contribution in [3.8, 4) is 0 Å². The molecule has 0 saturated heterocycles. The van der Waals surface area contributed by atoms with Crippen LogP contribution in [0.2, 0.25) is 0 Å². The number of Topliss-reactive ketones (excluding diaryl/α,β-unsaturated/α-hetero) is 1. The Morgan fingerprint density at radius 2 is 1.91 bits per heavy atom. The molecule has 0 radical (unpaired) electrons. The molecule has 0 aliphatic rings. The van der Waals surface area contributed by atoms with Gasteiger partial charge in [-0.25, -0.2) is 0 Å². The third-order valence-electron chi connectivity index (χ3n) is 3.41. The Bertz CT molecular complexity index is 729. The Hall–Kier alpha value is -2.14. The second-order valence-electron chi connectivity index (χ2n) is 5.32. The highest BCUT2D eigenvalue weighted by molar-refractivity contribution is 9.10. The van der Waals surface area contributed by atoms with Gasteiger partial charge in [0.1, 0.15) is 0 Å². The number of anilines is 2. The van der Waals surface area contributed by atoms with Gasteiger partial charge in [0.2, 0.25) is 5.91 Å². The SMILES string of the molecule is CC(=O)c1cccc(NC(=O)CCNc2ccc(Br)cc2C)c1. The standard InChI is InChI=1S/C18H19BrN2O2/c1-12-10-15(19)6-7-17(12)20-9-8-18(23)21-16-5-3-4-14(11-16)13(2)22/h3-7,10-11,20H,8-9H2,1-2H3,(H,21,23). The van der Waals surface area contributed by atoms with Crippen LogP contribution in [0.3, 0.4) is 0 Å². The second kappa shape index (κ2) is 7.92. The lowest BCUT2D eigenvalue weighted by atomic mass is 10.1. The summed E-state index contributed by atoms with van der Waals surface area (Å²) < 4.78 is 1.03. The van der Waals surface area contributed by atoms with Gasteiger partial charge in [0, 0.05) is 34.4 Å². The van der Waals surface area contributed by atoms with Gasteiger partial charge in [-0.15, -0.1) is 0 Å². The number of carbonyl (C=O) groups is 2. The van der Waals surface area contributed by atoms with Crippen molar-refractivity contribution in [2.24, 2.45) is 0 Å². The molecule has 0 spiro atoms. The van der Waals surface area contributed by atoms with Gasteiger partial charge in [0.25, 0.3) is 0 Å². The zero-order chi connectivity index (χ0) is 16.8. The summed E-state index contributed by atoms with van der Waals surface area (Å²) in [5.74, 6) is -0.110. The summed E-state index contributed by atoms with van der Waals surface area (Å²) in [4.78, 5) is 23.3. The molecule has 2 aromatic carbocycles. The van der Waals surface area contributed by atoms with Crippen LogP contribution in [0.5, 0.6) is 0 Å². The highest BCUT2D eigenvalue weighted by Gasteiger charge is 2.05. The Balaban J connectivity index is 1.85. The van der Waals surface area contributed by atoms with Gasteiger partial charge in [-0.05, 0) is 49.7 Å². The van der Waals surface area contributed by atoms with Gasteiger partial charge >= 0.3 is 0 Å². The predicted molar refractivity (Wildman–Crippen MR) is 97.1 cm³/mol. The number of carbonyl (C=O) groups excluding carboxylic acids is 2.